The summed E-state index contributed by atoms with van der Waals surface area (Å²) in [6.45, 7) is 1.90. The van der Waals surface area contributed by atoms with Gasteiger partial charge in [-0.3, -0.25) is 9.59 Å². The number of amides is 2. The molecule has 0 aliphatic carbocycles. The second-order valence-corrected chi connectivity index (χ2v) is 6.87. The molecule has 5 N–H and O–H groups in total. The topological polar surface area (TPSA) is 151 Å². The third-order valence-corrected chi connectivity index (χ3v) is 4.67. The number of nitrogens with zero attached hydrogens (tertiary/aromatic N) is 1. The minimum absolute atomic E-state index is 0.0455. The van der Waals surface area contributed by atoms with Gasteiger partial charge in [0, 0.05) is 13.5 Å². The Kier molecular flexibility index (Phi) is 5.75. The summed E-state index contributed by atoms with van der Waals surface area (Å²) in [6, 6.07) is 2.43. The summed E-state index contributed by atoms with van der Waals surface area (Å²) in [4.78, 5) is 36.3. The van der Waals surface area contributed by atoms with Gasteiger partial charge in [0.15, 0.2) is 0 Å². The second kappa shape index (κ2) is 8.07. The highest BCUT2D eigenvalue weighted by atomic mass is 16.5. The minimum atomic E-state index is -1.22. The number of aromatic carboxylic acids is 1. The molecule has 1 aromatic carbocycles. The van der Waals surface area contributed by atoms with Crippen LogP contribution in [0.25, 0.3) is 0 Å². The Labute approximate surface area is 161 Å². The van der Waals surface area contributed by atoms with E-state index in [4.69, 9.17) is 15.1 Å². The SMILES string of the molecule is CC(=O)NC[C@@H](N)C(=O)N1CC(Oc2ccc3c(c2C(=O)O)OB(O)CC3)C1. The maximum atomic E-state index is 12.2. The Morgan fingerprint density at radius 3 is 2.79 bits per heavy atom. The monoisotopic (exact) mass is 391 g/mol. The molecule has 0 saturated carbocycles. The number of nitrogens with one attached hydrogen (secondary N) is 1. The van der Waals surface area contributed by atoms with Gasteiger partial charge in [0.25, 0.3) is 0 Å². The lowest BCUT2D eigenvalue weighted by Crippen LogP contribution is -2.61. The molecule has 11 heteroatoms. The number of likely N-dealkylation sites (tertiary alicyclic amines) is 1. The summed E-state index contributed by atoms with van der Waals surface area (Å²) in [6.07, 6.45) is 0.515. The summed E-state index contributed by atoms with van der Waals surface area (Å²) >= 11 is 0. The third kappa shape index (κ3) is 4.20. The Morgan fingerprint density at radius 1 is 1.43 bits per heavy atom. The van der Waals surface area contributed by atoms with Crippen molar-refractivity contribution < 1.29 is 33.9 Å². The lowest BCUT2D eigenvalue weighted by atomic mass is 9.78. The Bertz CT molecular complexity index is 797. The molecule has 28 heavy (non-hydrogen) atoms. The van der Waals surface area contributed by atoms with Crippen LogP contribution in [0.3, 0.4) is 0 Å². The van der Waals surface area contributed by atoms with E-state index in [1.807, 2.05) is 0 Å². The van der Waals surface area contributed by atoms with Crippen molar-refractivity contribution in [2.75, 3.05) is 19.6 Å². The van der Waals surface area contributed by atoms with Crippen LogP contribution in [0.1, 0.15) is 22.8 Å². The Hall–Kier alpha value is -2.79. The molecule has 1 atom stereocenters. The van der Waals surface area contributed by atoms with Gasteiger partial charge < -0.3 is 35.5 Å². The van der Waals surface area contributed by atoms with Gasteiger partial charge in [0.1, 0.15) is 29.2 Å². The van der Waals surface area contributed by atoms with Crippen molar-refractivity contribution in [3.05, 3.63) is 23.3 Å². The predicted octanol–water partition coefficient (Wildman–Crippen LogP) is -1.15. The molecule has 2 aliphatic heterocycles. The molecule has 2 heterocycles. The summed E-state index contributed by atoms with van der Waals surface area (Å²) in [5, 5.41) is 21.7. The van der Waals surface area contributed by atoms with Gasteiger partial charge in [-0.25, -0.2) is 4.79 Å². The fourth-order valence-corrected chi connectivity index (χ4v) is 3.16. The van der Waals surface area contributed by atoms with E-state index in [1.165, 1.54) is 11.8 Å². The molecule has 0 aromatic heterocycles. The zero-order chi connectivity index (χ0) is 20.4. The molecule has 0 radical (unpaired) electrons. The number of rotatable bonds is 6. The number of hydrogen-bond acceptors (Lipinski definition) is 7. The molecule has 150 valence electrons. The van der Waals surface area contributed by atoms with Crippen LogP contribution in [0.15, 0.2) is 12.1 Å². The van der Waals surface area contributed by atoms with Gasteiger partial charge in [-0.2, -0.15) is 0 Å². The summed E-state index contributed by atoms with van der Waals surface area (Å²) in [5.74, 6) is -1.56. The van der Waals surface area contributed by atoms with E-state index in [1.54, 1.807) is 12.1 Å². The van der Waals surface area contributed by atoms with E-state index >= 15 is 0 Å². The highest BCUT2D eigenvalue weighted by Crippen LogP contribution is 2.37. The normalized spacial score (nSPS) is 17.1. The average molecular weight is 391 g/mol. The molecule has 3 rings (SSSR count). The molecule has 0 bridgehead atoms. The van der Waals surface area contributed by atoms with Crippen molar-refractivity contribution in [1.29, 1.82) is 0 Å². The van der Waals surface area contributed by atoms with Gasteiger partial charge in [-0.15, -0.1) is 0 Å². The maximum Gasteiger partial charge on any atom is 0.522 e. The highest BCUT2D eigenvalue weighted by molar-refractivity contribution is 6.44. The van der Waals surface area contributed by atoms with Gasteiger partial charge >= 0.3 is 13.1 Å². The molecule has 1 saturated heterocycles. The minimum Gasteiger partial charge on any atom is -0.535 e. The van der Waals surface area contributed by atoms with Crippen LogP contribution in [0.2, 0.25) is 6.32 Å². The number of carbonyl (C=O) groups excluding carboxylic acids is 2. The number of carboxylic acids is 1. The molecule has 1 fully saturated rings. The summed E-state index contributed by atoms with van der Waals surface area (Å²) in [5.41, 5.74) is 6.33. The number of nitrogens with two attached hydrogens (primary N) is 1. The van der Waals surface area contributed by atoms with Crippen molar-refractivity contribution >= 4 is 24.9 Å². The number of carbonyl (C=O) groups is 3. The molecular formula is C17H22BN3O7. The number of aryl methyl sites for hydroxylation is 1. The third-order valence-electron chi connectivity index (χ3n) is 4.67. The van der Waals surface area contributed by atoms with Crippen molar-refractivity contribution in [2.24, 2.45) is 5.73 Å². The zero-order valence-corrected chi connectivity index (χ0v) is 15.4. The molecule has 1 aromatic rings. The van der Waals surface area contributed by atoms with E-state index in [9.17, 15) is 24.5 Å². The number of fused-ring (bicyclic) bond motifs is 1. The first kappa shape index (κ1) is 20.0. The maximum absolute atomic E-state index is 12.2. The van der Waals surface area contributed by atoms with Crippen LogP contribution in [-0.4, -0.2) is 71.7 Å². The quantitative estimate of drug-likeness (QED) is 0.444. The first-order valence-electron chi connectivity index (χ1n) is 8.95. The zero-order valence-electron chi connectivity index (χ0n) is 15.4. The molecule has 10 nitrogen and oxygen atoms in total. The predicted molar refractivity (Wildman–Crippen MR) is 98.2 cm³/mol. The van der Waals surface area contributed by atoms with Crippen molar-refractivity contribution in [2.45, 2.75) is 31.8 Å². The number of hydrogen-bond donors (Lipinski definition) is 4. The molecule has 0 unspecified atom stereocenters. The number of carboxylic acid groups (broad SMARTS) is 1. The standard InChI is InChI=1S/C17H22BN3O7/c1-9(22)20-6-12(19)16(23)21-7-11(8-21)27-13-3-2-10-4-5-18(26)28-15(10)14(13)17(24)25/h2-3,11-12,26H,4-8,19H2,1H3,(H,20,22)(H,24,25)/t12-/m1/s1. The molecule has 2 aliphatic rings. The van der Waals surface area contributed by atoms with Crippen LogP contribution < -0.4 is 20.4 Å². The van der Waals surface area contributed by atoms with E-state index in [-0.39, 0.29) is 54.6 Å². The number of ether oxygens (including phenoxy) is 1. The lowest BCUT2D eigenvalue weighted by molar-refractivity contribution is -0.141. The fraction of sp³-hybridized carbons (Fsp3) is 0.471. The van der Waals surface area contributed by atoms with E-state index < -0.39 is 19.1 Å². The van der Waals surface area contributed by atoms with Crippen molar-refractivity contribution in [1.82, 2.24) is 10.2 Å². The Morgan fingerprint density at radius 2 is 2.14 bits per heavy atom. The molecule has 0 spiro atoms. The van der Waals surface area contributed by atoms with Gasteiger partial charge in [-0.05, 0) is 24.4 Å². The summed E-state index contributed by atoms with van der Waals surface area (Å²) in [7, 11) is -1.05. The highest BCUT2D eigenvalue weighted by Gasteiger charge is 2.36. The van der Waals surface area contributed by atoms with E-state index in [0.29, 0.717) is 18.3 Å². The second-order valence-electron chi connectivity index (χ2n) is 6.87. The van der Waals surface area contributed by atoms with Crippen LogP contribution in [0, 0.1) is 0 Å². The van der Waals surface area contributed by atoms with Crippen molar-refractivity contribution in [3.63, 3.8) is 0 Å². The van der Waals surface area contributed by atoms with Gasteiger partial charge in [0.2, 0.25) is 11.8 Å². The van der Waals surface area contributed by atoms with E-state index in [2.05, 4.69) is 5.32 Å². The first-order chi connectivity index (χ1) is 13.3. The van der Waals surface area contributed by atoms with Crippen molar-refractivity contribution in [3.8, 4) is 11.5 Å². The van der Waals surface area contributed by atoms with Gasteiger partial charge in [0.05, 0.1) is 13.1 Å². The van der Waals surface area contributed by atoms with Crippen LogP contribution in [0.5, 0.6) is 11.5 Å². The molecular weight excluding hydrogens is 369 g/mol. The van der Waals surface area contributed by atoms with Crippen LogP contribution in [-0.2, 0) is 16.0 Å². The van der Waals surface area contributed by atoms with E-state index in [0.717, 1.165) is 0 Å². The Balaban J connectivity index is 1.63. The molecule has 2 amide bonds. The lowest BCUT2D eigenvalue weighted by Gasteiger charge is -2.40. The van der Waals surface area contributed by atoms with Crippen LogP contribution in [0.4, 0.5) is 0 Å². The smallest absolute Gasteiger partial charge is 0.522 e. The summed E-state index contributed by atoms with van der Waals surface area (Å²) < 4.78 is 11.1. The van der Waals surface area contributed by atoms with Crippen LogP contribution >= 0.6 is 0 Å². The fourth-order valence-electron chi connectivity index (χ4n) is 3.16. The van der Waals surface area contributed by atoms with Gasteiger partial charge in [-0.1, -0.05) is 6.07 Å². The largest absolute Gasteiger partial charge is 0.535 e. The average Bonchev–Trinajstić information content (AvgIpc) is 2.60. The number of benzene rings is 1. The first-order valence-corrected chi connectivity index (χ1v) is 8.95.